The van der Waals surface area contributed by atoms with Crippen LogP contribution in [0.4, 0.5) is 5.69 Å². The fourth-order valence-electron chi connectivity index (χ4n) is 3.38. The number of methoxy groups -OCH3 is 1. The fourth-order valence-corrected chi connectivity index (χ4v) is 4.82. The number of carbonyl (C=O) groups is 1. The first-order valence-electron chi connectivity index (χ1n) is 11.3. The summed E-state index contributed by atoms with van der Waals surface area (Å²) in [7, 11) is -2.43. The summed E-state index contributed by atoms with van der Waals surface area (Å²) in [4.78, 5) is 12.8. The minimum absolute atomic E-state index is 0.0579. The molecular weight excluding hydrogens is 464 g/mol. The molecule has 3 aromatic rings. The zero-order valence-corrected chi connectivity index (χ0v) is 21.3. The number of ether oxygens (including phenoxy) is 2. The fraction of sp³-hybridized carbons (Fsp3) is 0.296. The molecule has 1 amide bonds. The first-order chi connectivity index (χ1) is 16.6. The zero-order chi connectivity index (χ0) is 25.5. The van der Waals surface area contributed by atoms with E-state index in [2.05, 4.69) is 26.1 Å². The average molecular weight is 497 g/mol. The van der Waals surface area contributed by atoms with Gasteiger partial charge in [-0.1, -0.05) is 51.1 Å². The van der Waals surface area contributed by atoms with Crippen LogP contribution in [0.1, 0.15) is 26.3 Å². The van der Waals surface area contributed by atoms with Gasteiger partial charge in [0.15, 0.2) is 0 Å². The third kappa shape index (κ3) is 6.99. The lowest BCUT2D eigenvalue weighted by Crippen LogP contribution is -2.41. The highest BCUT2D eigenvalue weighted by Crippen LogP contribution is 2.26. The van der Waals surface area contributed by atoms with Gasteiger partial charge in [-0.15, -0.1) is 0 Å². The molecular formula is C27H32N2O5S. The lowest BCUT2D eigenvalue weighted by molar-refractivity contribution is -0.119. The minimum Gasteiger partial charge on any atom is -0.497 e. The summed E-state index contributed by atoms with van der Waals surface area (Å²) in [5.74, 6) is 0.855. The van der Waals surface area contributed by atoms with E-state index in [1.165, 1.54) is 24.8 Å². The van der Waals surface area contributed by atoms with Crippen LogP contribution in [-0.2, 0) is 20.2 Å². The molecule has 0 aliphatic rings. The zero-order valence-electron chi connectivity index (χ0n) is 20.5. The van der Waals surface area contributed by atoms with Crippen molar-refractivity contribution in [3.8, 4) is 11.5 Å². The van der Waals surface area contributed by atoms with Gasteiger partial charge in [-0.3, -0.25) is 9.10 Å². The first kappa shape index (κ1) is 26.1. The molecule has 1 N–H and O–H groups in total. The third-order valence-corrected chi connectivity index (χ3v) is 7.18. The summed E-state index contributed by atoms with van der Waals surface area (Å²) in [6.07, 6.45) is 0. The number of anilines is 1. The molecule has 35 heavy (non-hydrogen) atoms. The van der Waals surface area contributed by atoms with Crippen molar-refractivity contribution in [3.63, 3.8) is 0 Å². The van der Waals surface area contributed by atoms with E-state index in [9.17, 15) is 13.2 Å². The molecule has 186 valence electrons. The molecule has 0 bridgehead atoms. The number of hydrogen-bond acceptors (Lipinski definition) is 5. The van der Waals surface area contributed by atoms with Crippen molar-refractivity contribution in [2.24, 2.45) is 0 Å². The van der Waals surface area contributed by atoms with Crippen LogP contribution >= 0.6 is 0 Å². The monoisotopic (exact) mass is 496 g/mol. The Morgan fingerprint density at radius 2 is 1.49 bits per heavy atom. The summed E-state index contributed by atoms with van der Waals surface area (Å²) in [6.45, 7) is 6.56. The van der Waals surface area contributed by atoms with Crippen molar-refractivity contribution in [2.45, 2.75) is 31.1 Å². The maximum atomic E-state index is 13.3. The van der Waals surface area contributed by atoms with Crippen LogP contribution in [0, 0.1) is 0 Å². The largest absolute Gasteiger partial charge is 0.497 e. The van der Waals surface area contributed by atoms with Gasteiger partial charge in [-0.05, 0) is 59.5 Å². The van der Waals surface area contributed by atoms with Crippen LogP contribution in [0.5, 0.6) is 11.5 Å². The standard InChI is InChI=1S/C27H32N2O5S/c1-27(2,3)21-10-14-24(15-11-21)34-19-18-28-26(30)20-29(22-12-16-23(33-4)17-13-22)35(31,32)25-8-6-5-7-9-25/h5-17H,18-20H2,1-4H3,(H,28,30). The van der Waals surface area contributed by atoms with E-state index in [0.717, 1.165) is 4.31 Å². The summed E-state index contributed by atoms with van der Waals surface area (Å²) >= 11 is 0. The van der Waals surface area contributed by atoms with Crippen LogP contribution < -0.4 is 19.1 Å². The number of amides is 1. The van der Waals surface area contributed by atoms with Gasteiger partial charge in [0.2, 0.25) is 5.91 Å². The Labute approximate surface area is 207 Å². The minimum atomic E-state index is -3.96. The van der Waals surface area contributed by atoms with E-state index in [0.29, 0.717) is 17.2 Å². The van der Waals surface area contributed by atoms with E-state index in [-0.39, 0.29) is 30.0 Å². The molecule has 8 heteroatoms. The van der Waals surface area contributed by atoms with Gasteiger partial charge in [0.05, 0.1) is 24.2 Å². The Balaban J connectivity index is 1.64. The maximum Gasteiger partial charge on any atom is 0.264 e. The molecule has 0 fully saturated rings. The second-order valence-corrected chi connectivity index (χ2v) is 10.9. The molecule has 3 aromatic carbocycles. The highest BCUT2D eigenvalue weighted by atomic mass is 32.2. The molecule has 0 spiro atoms. The van der Waals surface area contributed by atoms with Crippen LogP contribution in [0.3, 0.4) is 0 Å². The molecule has 0 radical (unpaired) electrons. The second-order valence-electron chi connectivity index (χ2n) is 9.00. The van der Waals surface area contributed by atoms with E-state index < -0.39 is 15.9 Å². The summed E-state index contributed by atoms with van der Waals surface area (Å²) in [5, 5.41) is 2.74. The topological polar surface area (TPSA) is 84.9 Å². The Morgan fingerprint density at radius 3 is 2.06 bits per heavy atom. The molecule has 0 atom stereocenters. The molecule has 0 aliphatic carbocycles. The highest BCUT2D eigenvalue weighted by Gasteiger charge is 2.27. The van der Waals surface area contributed by atoms with Crippen molar-refractivity contribution in [2.75, 3.05) is 31.1 Å². The van der Waals surface area contributed by atoms with Crippen molar-refractivity contribution in [1.29, 1.82) is 0 Å². The van der Waals surface area contributed by atoms with Crippen LogP contribution in [0.2, 0.25) is 0 Å². The smallest absolute Gasteiger partial charge is 0.264 e. The van der Waals surface area contributed by atoms with Crippen molar-refractivity contribution < 1.29 is 22.7 Å². The van der Waals surface area contributed by atoms with Crippen LogP contribution in [-0.4, -0.2) is 41.1 Å². The van der Waals surface area contributed by atoms with E-state index >= 15 is 0 Å². The molecule has 7 nitrogen and oxygen atoms in total. The van der Waals surface area contributed by atoms with Gasteiger partial charge in [-0.2, -0.15) is 0 Å². The lowest BCUT2D eigenvalue weighted by atomic mass is 9.87. The molecule has 0 saturated heterocycles. The quantitative estimate of drug-likeness (QED) is 0.421. The number of sulfonamides is 1. The van der Waals surface area contributed by atoms with Gasteiger partial charge in [0, 0.05) is 0 Å². The number of nitrogens with zero attached hydrogens (tertiary/aromatic N) is 1. The van der Waals surface area contributed by atoms with Crippen LogP contribution in [0.15, 0.2) is 83.8 Å². The molecule has 0 unspecified atom stereocenters. The maximum absolute atomic E-state index is 13.3. The van der Waals surface area contributed by atoms with E-state index in [4.69, 9.17) is 9.47 Å². The first-order valence-corrected chi connectivity index (χ1v) is 12.8. The van der Waals surface area contributed by atoms with Gasteiger partial charge in [0.25, 0.3) is 10.0 Å². The molecule has 0 saturated carbocycles. The molecule has 0 aliphatic heterocycles. The van der Waals surface area contributed by atoms with E-state index in [1.807, 2.05) is 24.3 Å². The Morgan fingerprint density at radius 1 is 0.886 bits per heavy atom. The average Bonchev–Trinajstić information content (AvgIpc) is 2.85. The van der Waals surface area contributed by atoms with Gasteiger partial charge < -0.3 is 14.8 Å². The lowest BCUT2D eigenvalue weighted by Gasteiger charge is -2.24. The molecule has 0 heterocycles. The summed E-state index contributed by atoms with van der Waals surface area (Å²) in [6, 6.07) is 22.4. The van der Waals surface area contributed by atoms with Gasteiger partial charge >= 0.3 is 0 Å². The SMILES string of the molecule is COc1ccc(N(CC(=O)NCCOc2ccc(C(C)(C)C)cc2)S(=O)(=O)c2ccccc2)cc1. The predicted molar refractivity (Wildman–Crippen MR) is 138 cm³/mol. The summed E-state index contributed by atoms with van der Waals surface area (Å²) in [5.41, 5.74) is 1.62. The molecule has 3 rings (SSSR count). The number of rotatable bonds is 10. The van der Waals surface area contributed by atoms with Gasteiger partial charge in [-0.25, -0.2) is 8.42 Å². The van der Waals surface area contributed by atoms with E-state index in [1.54, 1.807) is 42.5 Å². The highest BCUT2D eigenvalue weighted by molar-refractivity contribution is 7.92. The second kappa shape index (κ2) is 11.3. The Bertz CT molecular complexity index is 1200. The van der Waals surface area contributed by atoms with Crippen molar-refractivity contribution >= 4 is 21.6 Å². The van der Waals surface area contributed by atoms with Crippen LogP contribution in [0.25, 0.3) is 0 Å². The normalized spacial score (nSPS) is 11.5. The number of hydrogen-bond donors (Lipinski definition) is 1. The van der Waals surface area contributed by atoms with Gasteiger partial charge in [0.1, 0.15) is 24.7 Å². The molecule has 0 aromatic heterocycles. The Kier molecular flexibility index (Phi) is 8.40. The predicted octanol–water partition coefficient (Wildman–Crippen LogP) is 4.38. The number of carbonyl (C=O) groups excluding carboxylic acids is 1. The number of benzene rings is 3. The van der Waals surface area contributed by atoms with Crippen molar-refractivity contribution in [1.82, 2.24) is 5.32 Å². The Hall–Kier alpha value is -3.52. The summed E-state index contributed by atoms with van der Waals surface area (Å²) < 4.78 is 38.6. The van der Waals surface area contributed by atoms with Crippen molar-refractivity contribution in [3.05, 3.63) is 84.4 Å². The number of nitrogens with one attached hydrogen (secondary N) is 1. The third-order valence-electron chi connectivity index (χ3n) is 5.39.